The summed E-state index contributed by atoms with van der Waals surface area (Å²) in [4.78, 5) is 11.5. The molecule has 1 aliphatic heterocycles. The quantitative estimate of drug-likeness (QED) is 0.848. The molecule has 3 rings (SSSR count). The van der Waals surface area contributed by atoms with Gasteiger partial charge < -0.3 is 10.1 Å². The minimum absolute atomic E-state index is 0.0883. The number of amides is 1. The number of carbonyl (C=O) groups excluding carboxylic acids is 1. The van der Waals surface area contributed by atoms with Crippen molar-refractivity contribution in [1.82, 2.24) is 5.32 Å². The molecule has 0 aromatic heterocycles. The molecular weight excluding hydrogens is 269 g/mol. The summed E-state index contributed by atoms with van der Waals surface area (Å²) in [6.45, 7) is 0. The molecular formula is C14H15ClFNO2. The normalized spacial score (nSPS) is 23.2. The van der Waals surface area contributed by atoms with E-state index in [-0.39, 0.29) is 29.2 Å². The van der Waals surface area contributed by atoms with E-state index < -0.39 is 0 Å². The molecule has 2 aliphatic rings. The molecule has 0 saturated heterocycles. The number of fused-ring (bicyclic) bond motifs is 1. The fraction of sp³-hybridized carbons (Fsp3) is 0.500. The van der Waals surface area contributed by atoms with E-state index in [0.717, 1.165) is 19.3 Å². The van der Waals surface area contributed by atoms with Gasteiger partial charge in [-0.25, -0.2) is 4.39 Å². The predicted molar refractivity (Wildman–Crippen MR) is 69.8 cm³/mol. The van der Waals surface area contributed by atoms with Crippen molar-refractivity contribution in [1.29, 1.82) is 0 Å². The minimum atomic E-state index is -0.322. The highest BCUT2D eigenvalue weighted by atomic mass is 35.5. The molecule has 1 spiro atoms. The Bertz CT molecular complexity index is 516. The Morgan fingerprint density at radius 3 is 2.95 bits per heavy atom. The molecule has 0 unspecified atom stereocenters. The van der Waals surface area contributed by atoms with Gasteiger partial charge in [0.05, 0.1) is 6.04 Å². The third-order valence-corrected chi connectivity index (χ3v) is 4.21. The van der Waals surface area contributed by atoms with Crippen molar-refractivity contribution in [2.45, 2.75) is 37.3 Å². The van der Waals surface area contributed by atoms with Crippen LogP contribution < -0.4 is 10.1 Å². The van der Waals surface area contributed by atoms with Gasteiger partial charge in [-0.05, 0) is 37.5 Å². The van der Waals surface area contributed by atoms with Crippen molar-refractivity contribution < 1.29 is 13.9 Å². The number of carbonyl (C=O) groups is 1. The van der Waals surface area contributed by atoms with Gasteiger partial charge in [-0.3, -0.25) is 4.79 Å². The van der Waals surface area contributed by atoms with Crippen molar-refractivity contribution in [2.24, 2.45) is 0 Å². The van der Waals surface area contributed by atoms with Gasteiger partial charge >= 0.3 is 0 Å². The molecule has 0 radical (unpaired) electrons. The van der Waals surface area contributed by atoms with Crippen LogP contribution in [0.3, 0.4) is 0 Å². The molecule has 1 heterocycles. The van der Waals surface area contributed by atoms with Crippen LogP contribution in [0.4, 0.5) is 4.39 Å². The van der Waals surface area contributed by atoms with E-state index >= 15 is 0 Å². The number of hydrogen-bond donors (Lipinski definition) is 1. The first-order chi connectivity index (χ1) is 9.12. The fourth-order valence-electron chi connectivity index (χ4n) is 2.88. The SMILES string of the molecule is O=C(CCl)N[C@H]1CC2(CCC2)Oc2ccc(F)cc21. The lowest BCUT2D eigenvalue weighted by Gasteiger charge is -2.48. The molecule has 102 valence electrons. The highest BCUT2D eigenvalue weighted by Gasteiger charge is 2.45. The molecule has 19 heavy (non-hydrogen) atoms. The Kier molecular flexibility index (Phi) is 3.13. The third-order valence-electron chi connectivity index (χ3n) is 3.97. The molecule has 1 N–H and O–H groups in total. The number of alkyl halides is 1. The molecule has 1 aromatic carbocycles. The summed E-state index contributed by atoms with van der Waals surface area (Å²) in [6, 6.07) is 4.24. The number of ether oxygens (including phenoxy) is 1. The number of benzene rings is 1. The molecule has 0 bridgehead atoms. The van der Waals surface area contributed by atoms with Gasteiger partial charge in [-0.2, -0.15) is 0 Å². The Balaban J connectivity index is 1.93. The Morgan fingerprint density at radius 1 is 1.53 bits per heavy atom. The monoisotopic (exact) mass is 283 g/mol. The smallest absolute Gasteiger partial charge is 0.235 e. The average molecular weight is 284 g/mol. The van der Waals surface area contributed by atoms with Crippen LogP contribution >= 0.6 is 11.6 Å². The second-order valence-corrected chi connectivity index (χ2v) is 5.55. The summed E-state index contributed by atoms with van der Waals surface area (Å²) in [5.74, 6) is 0.0251. The average Bonchev–Trinajstić information content (AvgIpc) is 2.37. The third kappa shape index (κ3) is 2.29. The summed E-state index contributed by atoms with van der Waals surface area (Å²) in [7, 11) is 0. The molecule has 1 aromatic rings. The van der Waals surface area contributed by atoms with Crippen molar-refractivity contribution >= 4 is 17.5 Å². The van der Waals surface area contributed by atoms with Gasteiger partial charge in [-0.15, -0.1) is 11.6 Å². The first-order valence-corrected chi connectivity index (χ1v) is 6.99. The van der Waals surface area contributed by atoms with Crippen LogP contribution in [0.2, 0.25) is 0 Å². The standard InChI is InChI=1S/C14H15ClFNO2/c15-8-13(18)17-11-7-14(4-1-5-14)19-12-3-2-9(16)6-10(11)12/h2-3,6,11H,1,4-5,7-8H2,(H,17,18)/t11-/m0/s1. The zero-order valence-electron chi connectivity index (χ0n) is 10.4. The maximum absolute atomic E-state index is 13.4. The summed E-state index contributed by atoms with van der Waals surface area (Å²) < 4.78 is 19.4. The van der Waals surface area contributed by atoms with Crippen LogP contribution in [-0.4, -0.2) is 17.4 Å². The van der Waals surface area contributed by atoms with Crippen LogP contribution in [0, 0.1) is 5.82 Å². The van der Waals surface area contributed by atoms with E-state index in [4.69, 9.17) is 16.3 Å². The van der Waals surface area contributed by atoms with E-state index in [2.05, 4.69) is 5.32 Å². The first-order valence-electron chi connectivity index (χ1n) is 6.46. The second kappa shape index (κ2) is 4.67. The molecule has 1 saturated carbocycles. The van der Waals surface area contributed by atoms with Crippen molar-refractivity contribution in [3.8, 4) is 5.75 Å². The van der Waals surface area contributed by atoms with Crippen molar-refractivity contribution in [3.05, 3.63) is 29.6 Å². The number of hydrogen-bond acceptors (Lipinski definition) is 2. The maximum atomic E-state index is 13.4. The van der Waals surface area contributed by atoms with Crippen molar-refractivity contribution in [2.75, 3.05) is 5.88 Å². The lowest BCUT2D eigenvalue weighted by Crippen LogP contribution is -2.50. The zero-order chi connectivity index (χ0) is 13.5. The van der Waals surface area contributed by atoms with Crippen LogP contribution in [0.5, 0.6) is 5.75 Å². The summed E-state index contributed by atoms with van der Waals surface area (Å²) in [5.41, 5.74) is 0.519. The van der Waals surface area contributed by atoms with Crippen molar-refractivity contribution in [3.63, 3.8) is 0 Å². The molecule has 1 amide bonds. The molecule has 1 fully saturated rings. The zero-order valence-corrected chi connectivity index (χ0v) is 11.2. The van der Waals surface area contributed by atoms with Crippen LogP contribution in [0.1, 0.15) is 37.3 Å². The Morgan fingerprint density at radius 2 is 2.32 bits per heavy atom. The fourth-order valence-corrected chi connectivity index (χ4v) is 2.96. The van der Waals surface area contributed by atoms with E-state index in [1.807, 2.05) is 0 Å². The number of halogens is 2. The summed E-state index contributed by atoms with van der Waals surface area (Å²) in [5, 5.41) is 2.86. The lowest BCUT2D eigenvalue weighted by molar-refractivity contribution is -0.120. The maximum Gasteiger partial charge on any atom is 0.235 e. The van der Waals surface area contributed by atoms with Gasteiger partial charge in [0.1, 0.15) is 23.0 Å². The Hall–Kier alpha value is -1.29. The van der Waals surface area contributed by atoms with Gasteiger partial charge in [0, 0.05) is 12.0 Å². The predicted octanol–water partition coefficient (Wildman–Crippen LogP) is 2.93. The van der Waals surface area contributed by atoms with E-state index in [1.54, 1.807) is 6.07 Å². The highest BCUT2D eigenvalue weighted by molar-refractivity contribution is 6.27. The van der Waals surface area contributed by atoms with Crippen LogP contribution in [-0.2, 0) is 4.79 Å². The molecule has 5 heteroatoms. The summed E-state index contributed by atoms with van der Waals surface area (Å²) >= 11 is 5.53. The van der Waals surface area contributed by atoms with Gasteiger partial charge in [-0.1, -0.05) is 0 Å². The van der Waals surface area contributed by atoms with Crippen LogP contribution in [0.25, 0.3) is 0 Å². The topological polar surface area (TPSA) is 38.3 Å². The number of nitrogens with one attached hydrogen (secondary N) is 1. The first kappa shape index (κ1) is 12.7. The molecule has 3 nitrogen and oxygen atoms in total. The Labute approximate surface area is 116 Å². The molecule has 1 atom stereocenters. The minimum Gasteiger partial charge on any atom is -0.487 e. The highest BCUT2D eigenvalue weighted by Crippen LogP contribution is 2.48. The van der Waals surface area contributed by atoms with Gasteiger partial charge in [0.15, 0.2) is 0 Å². The van der Waals surface area contributed by atoms with E-state index in [9.17, 15) is 9.18 Å². The van der Waals surface area contributed by atoms with E-state index in [0.29, 0.717) is 17.7 Å². The van der Waals surface area contributed by atoms with Gasteiger partial charge in [0.25, 0.3) is 0 Å². The number of rotatable bonds is 2. The summed E-state index contributed by atoms with van der Waals surface area (Å²) in [6.07, 6.45) is 3.78. The largest absolute Gasteiger partial charge is 0.487 e. The van der Waals surface area contributed by atoms with E-state index in [1.165, 1.54) is 12.1 Å². The molecule has 1 aliphatic carbocycles. The second-order valence-electron chi connectivity index (χ2n) is 5.28. The lowest BCUT2D eigenvalue weighted by atomic mass is 9.73. The van der Waals surface area contributed by atoms with Gasteiger partial charge in [0.2, 0.25) is 5.91 Å². The van der Waals surface area contributed by atoms with Crippen LogP contribution in [0.15, 0.2) is 18.2 Å².